The third kappa shape index (κ3) is 3.65. The second kappa shape index (κ2) is 10.0. The average molecular weight is 620 g/mol. The second-order valence-electron chi connectivity index (χ2n) is 13.2. The fourth-order valence-corrected chi connectivity index (χ4v) is 8.70. The molecule has 0 spiro atoms. The van der Waals surface area contributed by atoms with Gasteiger partial charge in [0.05, 0.1) is 16.7 Å². The van der Waals surface area contributed by atoms with Crippen LogP contribution in [0.5, 0.6) is 0 Å². The number of nitrogens with zero attached hydrogens (tertiary/aromatic N) is 1. The molecule has 0 unspecified atom stereocenters. The number of fused-ring (bicyclic) bond motifs is 17. The molecule has 0 N–H and O–H groups in total. The van der Waals surface area contributed by atoms with E-state index in [0.717, 1.165) is 0 Å². The molecule has 1 heterocycles. The Labute approximate surface area is 283 Å². The van der Waals surface area contributed by atoms with E-state index in [1.54, 1.807) is 0 Å². The van der Waals surface area contributed by atoms with Gasteiger partial charge in [-0.25, -0.2) is 0 Å². The third-order valence-electron chi connectivity index (χ3n) is 10.7. The Kier molecular flexibility index (Phi) is 5.45. The summed E-state index contributed by atoms with van der Waals surface area (Å²) in [4.78, 5) is 0. The molecule has 0 atom stereocenters. The van der Waals surface area contributed by atoms with Crippen LogP contribution in [0.3, 0.4) is 0 Å². The highest BCUT2D eigenvalue weighted by Gasteiger charge is 2.26. The number of benzene rings is 9. The van der Waals surface area contributed by atoms with E-state index in [1.165, 1.54) is 104 Å². The highest BCUT2D eigenvalue weighted by molar-refractivity contribution is 6.27. The monoisotopic (exact) mass is 619 g/mol. The summed E-state index contributed by atoms with van der Waals surface area (Å²) < 4.78 is 2.48. The number of rotatable bonds is 1. The van der Waals surface area contributed by atoms with Crippen LogP contribution < -0.4 is 0 Å². The van der Waals surface area contributed by atoms with Gasteiger partial charge in [-0.3, -0.25) is 0 Å². The summed E-state index contributed by atoms with van der Waals surface area (Å²) in [6.07, 6.45) is 0. The van der Waals surface area contributed by atoms with Crippen molar-refractivity contribution < 1.29 is 0 Å². The molecule has 0 bridgehead atoms. The predicted octanol–water partition coefficient (Wildman–Crippen LogP) is 13.2. The maximum atomic E-state index is 2.48. The van der Waals surface area contributed by atoms with Gasteiger partial charge in [0.1, 0.15) is 0 Å². The zero-order valence-electron chi connectivity index (χ0n) is 26.7. The molecule has 1 aliphatic carbocycles. The number of hydrogen-bond donors (Lipinski definition) is 0. The van der Waals surface area contributed by atoms with Gasteiger partial charge in [0.25, 0.3) is 0 Å². The fourth-order valence-electron chi connectivity index (χ4n) is 8.70. The van der Waals surface area contributed by atoms with Crippen molar-refractivity contribution in [3.63, 3.8) is 0 Å². The molecule has 0 saturated heterocycles. The molecule has 49 heavy (non-hydrogen) atoms. The van der Waals surface area contributed by atoms with Crippen LogP contribution in [-0.4, -0.2) is 4.57 Å². The Morgan fingerprint density at radius 3 is 1.14 bits per heavy atom. The van der Waals surface area contributed by atoms with Crippen LogP contribution in [-0.2, 0) is 0 Å². The first-order chi connectivity index (χ1) is 24.3. The highest BCUT2D eigenvalue weighted by Crippen LogP contribution is 2.52. The summed E-state index contributed by atoms with van der Waals surface area (Å²) in [5, 5.41) is 10.3. The molecule has 11 rings (SSSR count). The van der Waals surface area contributed by atoms with Crippen LogP contribution in [0.2, 0.25) is 0 Å². The van der Waals surface area contributed by atoms with Crippen molar-refractivity contribution in [1.29, 1.82) is 0 Å². The lowest BCUT2D eigenvalue weighted by Crippen LogP contribution is -2.03. The molecule has 1 aliphatic rings. The van der Waals surface area contributed by atoms with Crippen LogP contribution in [0.1, 0.15) is 0 Å². The Balaban J connectivity index is 1.32. The van der Waals surface area contributed by atoms with Crippen molar-refractivity contribution in [2.75, 3.05) is 0 Å². The number of aromatic nitrogens is 1. The Morgan fingerprint density at radius 1 is 0.245 bits per heavy atom. The van der Waals surface area contributed by atoms with Crippen molar-refractivity contribution in [2.45, 2.75) is 0 Å². The molecule has 1 aromatic heterocycles. The largest absolute Gasteiger partial charge is 0.309 e. The van der Waals surface area contributed by atoms with Gasteiger partial charge in [-0.2, -0.15) is 0 Å². The lowest BCUT2D eigenvalue weighted by molar-refractivity contribution is 1.18. The smallest absolute Gasteiger partial charge is 0.0547 e. The molecule has 0 fully saturated rings. The molecule has 226 valence electrons. The van der Waals surface area contributed by atoms with Gasteiger partial charge in [0, 0.05) is 16.3 Å². The Morgan fingerprint density at radius 2 is 0.612 bits per heavy atom. The van der Waals surface area contributed by atoms with Gasteiger partial charge in [0.15, 0.2) is 0 Å². The zero-order chi connectivity index (χ0) is 32.1. The van der Waals surface area contributed by atoms with E-state index in [-0.39, 0.29) is 0 Å². The maximum Gasteiger partial charge on any atom is 0.0547 e. The van der Waals surface area contributed by atoms with Crippen molar-refractivity contribution in [3.05, 3.63) is 176 Å². The molecular formula is C48H29N. The fraction of sp³-hybridized carbons (Fsp3) is 0. The maximum absolute atomic E-state index is 2.48. The van der Waals surface area contributed by atoms with Crippen molar-refractivity contribution in [3.8, 4) is 50.2 Å². The first-order valence-electron chi connectivity index (χ1n) is 17.0. The summed E-state index contributed by atoms with van der Waals surface area (Å²) in [5.74, 6) is 0. The third-order valence-corrected chi connectivity index (χ3v) is 10.7. The van der Waals surface area contributed by atoms with Gasteiger partial charge >= 0.3 is 0 Å². The topological polar surface area (TPSA) is 4.93 Å². The van der Waals surface area contributed by atoms with Crippen LogP contribution in [0.25, 0.3) is 104 Å². The molecule has 0 radical (unpaired) electrons. The van der Waals surface area contributed by atoms with E-state index in [0.29, 0.717) is 0 Å². The Bertz CT molecular complexity index is 2940. The number of hydrogen-bond acceptors (Lipinski definition) is 0. The minimum Gasteiger partial charge on any atom is -0.309 e. The molecular weight excluding hydrogens is 591 g/mol. The number of para-hydroxylation sites is 2. The highest BCUT2D eigenvalue weighted by atomic mass is 15.0. The van der Waals surface area contributed by atoms with E-state index in [1.807, 2.05) is 0 Å². The predicted molar refractivity (Wildman–Crippen MR) is 209 cm³/mol. The summed E-state index contributed by atoms with van der Waals surface area (Å²) in [7, 11) is 0. The van der Waals surface area contributed by atoms with E-state index in [9.17, 15) is 0 Å². The molecule has 0 amide bonds. The SMILES string of the molecule is c1ccc2c(c1)-c1cc3c4ccccc4c4ccccc4c3cc1-c1ccccc1-c1c-2cccc1-n1c2ccccc2c2ccccc21. The summed E-state index contributed by atoms with van der Waals surface area (Å²) >= 11 is 0. The van der Waals surface area contributed by atoms with Crippen LogP contribution in [0, 0.1) is 0 Å². The standard InChI is InChI=1S/C48H29N/c1-4-17-33-30(14-1)31-15-2-5-18-34(31)42-29-44-36-20-7-8-23-39(36)48-40(32-16-3-6-19-35(32)43(44)28-41(33)42)24-13-27-47(48)49-45-25-11-9-21-37(45)38-22-10-12-26-46(38)49/h1-29H. The molecule has 0 saturated carbocycles. The molecule has 1 nitrogen and oxygen atoms in total. The second-order valence-corrected chi connectivity index (χ2v) is 13.2. The van der Waals surface area contributed by atoms with E-state index in [2.05, 4.69) is 180 Å². The first-order valence-corrected chi connectivity index (χ1v) is 17.0. The quantitative estimate of drug-likeness (QED) is 0.161. The zero-order valence-corrected chi connectivity index (χ0v) is 26.7. The van der Waals surface area contributed by atoms with E-state index in [4.69, 9.17) is 0 Å². The summed E-state index contributed by atoms with van der Waals surface area (Å²) in [5.41, 5.74) is 13.7. The molecule has 10 aromatic rings. The lowest BCUT2D eigenvalue weighted by atomic mass is 9.79. The van der Waals surface area contributed by atoms with E-state index >= 15 is 0 Å². The Hall–Kier alpha value is -6.44. The van der Waals surface area contributed by atoms with Crippen LogP contribution in [0.4, 0.5) is 0 Å². The van der Waals surface area contributed by atoms with Gasteiger partial charge in [-0.15, -0.1) is 0 Å². The van der Waals surface area contributed by atoms with Crippen molar-refractivity contribution in [1.82, 2.24) is 4.57 Å². The van der Waals surface area contributed by atoms with Gasteiger partial charge < -0.3 is 4.57 Å². The van der Waals surface area contributed by atoms with Gasteiger partial charge in [-0.1, -0.05) is 146 Å². The average Bonchev–Trinajstić information content (AvgIpc) is 3.51. The molecule has 9 aromatic carbocycles. The van der Waals surface area contributed by atoms with Crippen LogP contribution >= 0.6 is 0 Å². The van der Waals surface area contributed by atoms with Crippen molar-refractivity contribution >= 4 is 54.1 Å². The minimum absolute atomic E-state index is 1.19. The van der Waals surface area contributed by atoms with E-state index < -0.39 is 0 Å². The summed E-state index contributed by atoms with van der Waals surface area (Å²) in [6, 6.07) is 65.2. The summed E-state index contributed by atoms with van der Waals surface area (Å²) in [6.45, 7) is 0. The normalized spacial score (nSPS) is 12.1. The lowest BCUT2D eigenvalue weighted by Gasteiger charge is -2.26. The first kappa shape index (κ1) is 26.6. The van der Waals surface area contributed by atoms with Gasteiger partial charge in [0.2, 0.25) is 0 Å². The molecule has 1 heteroatoms. The van der Waals surface area contributed by atoms with Gasteiger partial charge in [-0.05, 0) is 102 Å². The minimum atomic E-state index is 1.19. The molecule has 0 aliphatic heterocycles. The van der Waals surface area contributed by atoms with Crippen molar-refractivity contribution in [2.24, 2.45) is 0 Å². The van der Waals surface area contributed by atoms with Crippen LogP contribution in [0.15, 0.2) is 176 Å².